The SMILES string of the molecule is CC(C)CN(C1CCCC1)C1(CN)CC(C)(C)CC1C. The zero-order valence-corrected chi connectivity index (χ0v) is 14.4. The second kappa shape index (κ2) is 5.96. The summed E-state index contributed by atoms with van der Waals surface area (Å²) in [6.07, 6.45) is 8.21. The first-order valence-electron chi connectivity index (χ1n) is 8.77. The third-order valence-electron chi connectivity index (χ3n) is 5.81. The molecule has 0 aliphatic heterocycles. The predicted molar refractivity (Wildman–Crippen MR) is 87.8 cm³/mol. The summed E-state index contributed by atoms with van der Waals surface area (Å²) >= 11 is 0. The maximum Gasteiger partial charge on any atom is 0.0365 e. The van der Waals surface area contributed by atoms with Gasteiger partial charge in [0.2, 0.25) is 0 Å². The van der Waals surface area contributed by atoms with E-state index in [9.17, 15) is 0 Å². The van der Waals surface area contributed by atoms with Crippen LogP contribution in [0.15, 0.2) is 0 Å². The normalized spacial score (nSPS) is 34.5. The lowest BCUT2D eigenvalue weighted by molar-refractivity contribution is 0.0107. The van der Waals surface area contributed by atoms with Gasteiger partial charge in [0.25, 0.3) is 0 Å². The van der Waals surface area contributed by atoms with Crippen molar-refractivity contribution in [2.75, 3.05) is 13.1 Å². The van der Waals surface area contributed by atoms with E-state index >= 15 is 0 Å². The molecule has 0 radical (unpaired) electrons. The van der Waals surface area contributed by atoms with Crippen molar-refractivity contribution >= 4 is 0 Å². The number of hydrogen-bond acceptors (Lipinski definition) is 2. The van der Waals surface area contributed by atoms with E-state index in [2.05, 4.69) is 39.5 Å². The van der Waals surface area contributed by atoms with Crippen molar-refractivity contribution in [2.24, 2.45) is 23.0 Å². The fourth-order valence-corrected chi connectivity index (χ4v) is 5.17. The Hall–Kier alpha value is -0.0800. The molecule has 2 N–H and O–H groups in total. The van der Waals surface area contributed by atoms with Crippen LogP contribution in [0.5, 0.6) is 0 Å². The molecule has 0 aromatic rings. The highest BCUT2D eigenvalue weighted by Crippen LogP contribution is 2.51. The molecule has 0 aromatic heterocycles. The number of nitrogens with two attached hydrogens (primary N) is 1. The second-order valence-electron chi connectivity index (χ2n) is 8.74. The monoisotopic (exact) mass is 280 g/mol. The molecule has 0 bridgehead atoms. The molecule has 2 rings (SSSR count). The van der Waals surface area contributed by atoms with Crippen molar-refractivity contribution in [3.05, 3.63) is 0 Å². The first-order chi connectivity index (χ1) is 9.31. The summed E-state index contributed by atoms with van der Waals surface area (Å²) in [5.74, 6) is 1.46. The van der Waals surface area contributed by atoms with Crippen molar-refractivity contribution in [1.29, 1.82) is 0 Å². The summed E-state index contributed by atoms with van der Waals surface area (Å²) in [6.45, 7) is 14.1. The third kappa shape index (κ3) is 3.06. The van der Waals surface area contributed by atoms with Crippen LogP contribution in [-0.2, 0) is 0 Å². The van der Waals surface area contributed by atoms with Gasteiger partial charge in [0.05, 0.1) is 0 Å². The van der Waals surface area contributed by atoms with Crippen molar-refractivity contribution in [2.45, 2.75) is 84.7 Å². The van der Waals surface area contributed by atoms with Crippen molar-refractivity contribution in [1.82, 2.24) is 4.90 Å². The molecule has 0 aromatic carbocycles. The van der Waals surface area contributed by atoms with Gasteiger partial charge in [-0.15, -0.1) is 0 Å². The smallest absolute Gasteiger partial charge is 0.0365 e. The molecule has 2 aliphatic carbocycles. The van der Waals surface area contributed by atoms with Crippen LogP contribution in [0.4, 0.5) is 0 Å². The van der Waals surface area contributed by atoms with Crippen molar-refractivity contribution < 1.29 is 0 Å². The molecule has 2 unspecified atom stereocenters. The van der Waals surface area contributed by atoms with E-state index in [-0.39, 0.29) is 5.54 Å². The van der Waals surface area contributed by atoms with Crippen molar-refractivity contribution in [3.8, 4) is 0 Å². The minimum absolute atomic E-state index is 0.253. The van der Waals surface area contributed by atoms with E-state index in [1.54, 1.807) is 0 Å². The fourth-order valence-electron chi connectivity index (χ4n) is 5.17. The summed E-state index contributed by atoms with van der Waals surface area (Å²) < 4.78 is 0. The summed E-state index contributed by atoms with van der Waals surface area (Å²) in [4.78, 5) is 2.87. The molecule has 0 heterocycles. The lowest BCUT2D eigenvalue weighted by atomic mass is 9.82. The molecule has 2 fully saturated rings. The Labute approximate surface area is 126 Å². The molecule has 0 saturated heterocycles. The van der Waals surface area contributed by atoms with E-state index in [1.165, 1.54) is 45.1 Å². The van der Waals surface area contributed by atoms with Crippen LogP contribution < -0.4 is 5.73 Å². The Kier molecular flexibility index (Phi) is 4.86. The van der Waals surface area contributed by atoms with Gasteiger partial charge in [-0.1, -0.05) is 47.5 Å². The molecule has 20 heavy (non-hydrogen) atoms. The summed E-state index contributed by atoms with van der Waals surface area (Å²) in [6, 6.07) is 0.789. The second-order valence-corrected chi connectivity index (χ2v) is 8.74. The van der Waals surface area contributed by atoms with Gasteiger partial charge < -0.3 is 5.73 Å². The lowest BCUT2D eigenvalue weighted by Gasteiger charge is -2.48. The highest BCUT2D eigenvalue weighted by molar-refractivity contribution is 5.08. The Morgan fingerprint density at radius 1 is 1.20 bits per heavy atom. The fraction of sp³-hybridized carbons (Fsp3) is 1.00. The molecule has 2 atom stereocenters. The first-order valence-corrected chi connectivity index (χ1v) is 8.77. The van der Waals surface area contributed by atoms with Gasteiger partial charge >= 0.3 is 0 Å². The standard InChI is InChI=1S/C18H36N2/c1-14(2)11-20(16-8-6-7-9-16)18(13-19)12-17(4,5)10-15(18)3/h14-16H,6-13,19H2,1-5H3. The Morgan fingerprint density at radius 3 is 2.20 bits per heavy atom. The molecule has 2 nitrogen and oxygen atoms in total. The summed E-state index contributed by atoms with van der Waals surface area (Å²) in [5, 5.41) is 0. The molecular weight excluding hydrogens is 244 g/mol. The molecule has 2 saturated carbocycles. The van der Waals surface area contributed by atoms with Gasteiger partial charge in [0, 0.05) is 24.7 Å². The lowest BCUT2D eigenvalue weighted by Crippen LogP contribution is -2.60. The average molecular weight is 280 g/mol. The zero-order chi connectivity index (χ0) is 15.0. The first kappa shape index (κ1) is 16.3. The topological polar surface area (TPSA) is 29.3 Å². The molecule has 0 amide bonds. The number of hydrogen-bond donors (Lipinski definition) is 1. The molecule has 2 aliphatic rings. The zero-order valence-electron chi connectivity index (χ0n) is 14.4. The van der Waals surface area contributed by atoms with Gasteiger partial charge in [-0.25, -0.2) is 0 Å². The average Bonchev–Trinajstić information content (AvgIpc) is 2.92. The maximum absolute atomic E-state index is 6.38. The Balaban J connectivity index is 2.28. The number of rotatable bonds is 5. The van der Waals surface area contributed by atoms with Gasteiger partial charge in [-0.2, -0.15) is 0 Å². The third-order valence-corrected chi connectivity index (χ3v) is 5.81. The quantitative estimate of drug-likeness (QED) is 0.823. The highest BCUT2D eigenvalue weighted by Gasteiger charge is 2.52. The van der Waals surface area contributed by atoms with Gasteiger partial charge in [-0.3, -0.25) is 4.90 Å². The molecular formula is C18H36N2. The highest BCUT2D eigenvalue weighted by atomic mass is 15.3. The molecule has 0 spiro atoms. The van der Waals surface area contributed by atoms with Gasteiger partial charge in [-0.05, 0) is 42.9 Å². The van der Waals surface area contributed by atoms with E-state index in [4.69, 9.17) is 5.73 Å². The van der Waals surface area contributed by atoms with Crippen LogP contribution in [0, 0.1) is 17.3 Å². The Bertz CT molecular complexity index is 317. The van der Waals surface area contributed by atoms with Crippen LogP contribution in [-0.4, -0.2) is 29.6 Å². The molecule has 118 valence electrons. The van der Waals surface area contributed by atoms with Crippen molar-refractivity contribution in [3.63, 3.8) is 0 Å². The van der Waals surface area contributed by atoms with E-state index in [0.29, 0.717) is 5.41 Å². The van der Waals surface area contributed by atoms with E-state index in [0.717, 1.165) is 24.4 Å². The van der Waals surface area contributed by atoms with Crippen LogP contribution in [0.2, 0.25) is 0 Å². The summed E-state index contributed by atoms with van der Waals surface area (Å²) in [7, 11) is 0. The van der Waals surface area contributed by atoms with Gasteiger partial charge in [0.15, 0.2) is 0 Å². The van der Waals surface area contributed by atoms with E-state index in [1.807, 2.05) is 0 Å². The molecule has 2 heteroatoms. The van der Waals surface area contributed by atoms with E-state index < -0.39 is 0 Å². The van der Waals surface area contributed by atoms with Gasteiger partial charge in [0.1, 0.15) is 0 Å². The van der Waals surface area contributed by atoms with Crippen LogP contribution >= 0.6 is 0 Å². The predicted octanol–water partition coefficient (Wildman–Crippen LogP) is 4.04. The minimum Gasteiger partial charge on any atom is -0.329 e. The summed E-state index contributed by atoms with van der Waals surface area (Å²) in [5.41, 5.74) is 7.09. The minimum atomic E-state index is 0.253. The number of nitrogens with zero attached hydrogens (tertiary/aromatic N) is 1. The van der Waals surface area contributed by atoms with Crippen LogP contribution in [0.3, 0.4) is 0 Å². The maximum atomic E-state index is 6.38. The largest absolute Gasteiger partial charge is 0.329 e. The Morgan fingerprint density at radius 2 is 1.80 bits per heavy atom. The van der Waals surface area contributed by atoms with Crippen LogP contribution in [0.25, 0.3) is 0 Å². The van der Waals surface area contributed by atoms with Crippen LogP contribution in [0.1, 0.15) is 73.1 Å².